The Morgan fingerprint density at radius 2 is 1.76 bits per heavy atom. The molecule has 10 heteroatoms. The van der Waals surface area contributed by atoms with Crippen molar-refractivity contribution in [1.29, 1.82) is 0 Å². The van der Waals surface area contributed by atoms with Crippen LogP contribution in [-0.2, 0) is 0 Å². The van der Waals surface area contributed by atoms with Gasteiger partial charge in [0.1, 0.15) is 11.0 Å². The van der Waals surface area contributed by atoms with Crippen molar-refractivity contribution in [3.05, 3.63) is 78.5 Å². The molecule has 0 aliphatic carbocycles. The molecule has 0 spiro atoms. The van der Waals surface area contributed by atoms with E-state index in [1.807, 2.05) is 55.5 Å². The first-order chi connectivity index (χ1) is 16.1. The minimum atomic E-state index is -0.457. The predicted octanol–water partition coefficient (Wildman–Crippen LogP) is 2.95. The van der Waals surface area contributed by atoms with Gasteiger partial charge in [0.2, 0.25) is 0 Å². The molecule has 1 unspecified atom stereocenters. The molecular formula is C23H19N9O. The van der Waals surface area contributed by atoms with E-state index in [9.17, 15) is 4.79 Å². The van der Waals surface area contributed by atoms with Crippen LogP contribution >= 0.6 is 0 Å². The van der Waals surface area contributed by atoms with Gasteiger partial charge in [0, 0.05) is 23.5 Å². The van der Waals surface area contributed by atoms with Crippen molar-refractivity contribution in [3.8, 4) is 22.5 Å². The van der Waals surface area contributed by atoms with Crippen LogP contribution in [0, 0.1) is 0 Å². The van der Waals surface area contributed by atoms with Crippen molar-refractivity contribution >= 4 is 22.8 Å². The highest BCUT2D eigenvalue weighted by Gasteiger charge is 2.22. The standard InChI is InChI=1S/C23H19N9O/c1-13(18-12-25-9-10-26-18)27-23(33)21-22(24)29-19(14-5-3-2-4-6-14)20(28-21)15-7-8-16-17(11-15)31-32-30-16/h2-13H,1H3,(H2,24,29)(H,27,33)(H,30,31,32). The Bertz CT molecular complexity index is 1430. The van der Waals surface area contributed by atoms with Gasteiger partial charge in [0.15, 0.2) is 11.5 Å². The molecule has 162 valence electrons. The van der Waals surface area contributed by atoms with E-state index in [0.717, 1.165) is 16.6 Å². The smallest absolute Gasteiger partial charge is 0.274 e. The summed E-state index contributed by atoms with van der Waals surface area (Å²) >= 11 is 0. The van der Waals surface area contributed by atoms with E-state index >= 15 is 0 Å². The van der Waals surface area contributed by atoms with Crippen molar-refractivity contribution in [2.75, 3.05) is 5.73 Å². The zero-order valence-corrected chi connectivity index (χ0v) is 17.6. The highest BCUT2D eigenvalue weighted by molar-refractivity contribution is 5.98. The maximum absolute atomic E-state index is 13.1. The lowest BCUT2D eigenvalue weighted by molar-refractivity contribution is 0.0935. The normalized spacial score (nSPS) is 11.9. The van der Waals surface area contributed by atoms with Gasteiger partial charge in [0.05, 0.1) is 29.3 Å². The van der Waals surface area contributed by atoms with Gasteiger partial charge in [0.25, 0.3) is 5.91 Å². The second kappa shape index (κ2) is 8.42. The molecule has 0 aliphatic rings. The van der Waals surface area contributed by atoms with Crippen LogP contribution in [0.4, 0.5) is 5.82 Å². The number of hydrogen-bond donors (Lipinski definition) is 3. The molecule has 0 aliphatic heterocycles. The highest BCUT2D eigenvalue weighted by atomic mass is 16.2. The van der Waals surface area contributed by atoms with Crippen LogP contribution in [0.3, 0.4) is 0 Å². The lowest BCUT2D eigenvalue weighted by Crippen LogP contribution is -2.29. The average molecular weight is 437 g/mol. The Balaban J connectivity index is 1.59. The number of benzene rings is 2. The van der Waals surface area contributed by atoms with E-state index in [-0.39, 0.29) is 11.5 Å². The quantitative estimate of drug-likeness (QED) is 0.380. The van der Waals surface area contributed by atoms with Crippen LogP contribution < -0.4 is 11.1 Å². The fourth-order valence-corrected chi connectivity index (χ4v) is 3.47. The third-order valence-electron chi connectivity index (χ3n) is 5.15. The zero-order valence-electron chi connectivity index (χ0n) is 17.6. The van der Waals surface area contributed by atoms with Crippen LogP contribution in [0.25, 0.3) is 33.5 Å². The minimum Gasteiger partial charge on any atom is -0.382 e. The number of hydrogen-bond acceptors (Lipinski definition) is 8. The van der Waals surface area contributed by atoms with Crippen molar-refractivity contribution in [3.63, 3.8) is 0 Å². The van der Waals surface area contributed by atoms with Gasteiger partial charge in [-0.15, -0.1) is 0 Å². The molecule has 0 fully saturated rings. The van der Waals surface area contributed by atoms with Crippen LogP contribution in [0.2, 0.25) is 0 Å². The lowest BCUT2D eigenvalue weighted by Gasteiger charge is -2.16. The molecule has 33 heavy (non-hydrogen) atoms. The molecule has 0 radical (unpaired) electrons. The number of carbonyl (C=O) groups is 1. The van der Waals surface area contributed by atoms with Gasteiger partial charge >= 0.3 is 0 Å². The average Bonchev–Trinajstić information content (AvgIpc) is 3.33. The van der Waals surface area contributed by atoms with Gasteiger partial charge < -0.3 is 11.1 Å². The fraction of sp³-hybridized carbons (Fsp3) is 0.0870. The maximum atomic E-state index is 13.1. The van der Waals surface area contributed by atoms with Crippen molar-refractivity contribution < 1.29 is 4.79 Å². The Labute approximate surface area is 188 Å². The van der Waals surface area contributed by atoms with Crippen LogP contribution in [0.5, 0.6) is 0 Å². The SMILES string of the molecule is CC(NC(=O)c1nc(-c2ccc3n[nH]nc3c2)c(-c2ccccc2)nc1N)c1cnccn1. The Hall–Kier alpha value is -4.73. The van der Waals surface area contributed by atoms with Gasteiger partial charge in [-0.2, -0.15) is 15.4 Å². The third kappa shape index (κ3) is 3.97. The topological polar surface area (TPSA) is 148 Å². The number of aromatic amines is 1. The first-order valence-corrected chi connectivity index (χ1v) is 10.2. The Kier molecular flexibility index (Phi) is 5.15. The Morgan fingerprint density at radius 1 is 0.970 bits per heavy atom. The van der Waals surface area contributed by atoms with Crippen molar-refractivity contribution in [2.24, 2.45) is 0 Å². The van der Waals surface area contributed by atoms with E-state index < -0.39 is 11.9 Å². The molecule has 5 aromatic rings. The molecule has 0 saturated carbocycles. The van der Waals surface area contributed by atoms with Gasteiger partial charge in [-0.1, -0.05) is 36.4 Å². The van der Waals surface area contributed by atoms with Gasteiger partial charge in [-0.05, 0) is 19.1 Å². The zero-order chi connectivity index (χ0) is 22.8. The predicted molar refractivity (Wildman–Crippen MR) is 123 cm³/mol. The van der Waals surface area contributed by atoms with E-state index in [4.69, 9.17) is 5.73 Å². The number of anilines is 1. The molecule has 4 N–H and O–H groups in total. The number of carbonyl (C=O) groups excluding carboxylic acids is 1. The summed E-state index contributed by atoms with van der Waals surface area (Å²) in [6.07, 6.45) is 4.73. The van der Waals surface area contributed by atoms with Crippen LogP contribution in [0.1, 0.15) is 29.1 Å². The number of H-pyrrole nitrogens is 1. The number of aromatic nitrogens is 7. The Morgan fingerprint density at radius 3 is 2.55 bits per heavy atom. The summed E-state index contributed by atoms with van der Waals surface area (Å²) in [7, 11) is 0. The van der Waals surface area contributed by atoms with E-state index in [0.29, 0.717) is 22.6 Å². The molecule has 1 amide bonds. The number of nitrogen functional groups attached to an aromatic ring is 1. The molecule has 3 heterocycles. The molecular weight excluding hydrogens is 418 g/mol. The molecule has 0 bridgehead atoms. The van der Waals surface area contributed by atoms with Crippen LogP contribution in [0.15, 0.2) is 67.1 Å². The first-order valence-electron chi connectivity index (χ1n) is 10.2. The summed E-state index contributed by atoms with van der Waals surface area (Å²) in [5, 5.41) is 13.7. The number of nitrogens with zero attached hydrogens (tertiary/aromatic N) is 6. The largest absolute Gasteiger partial charge is 0.382 e. The molecule has 3 aromatic heterocycles. The monoisotopic (exact) mass is 437 g/mol. The van der Waals surface area contributed by atoms with E-state index in [1.165, 1.54) is 0 Å². The second-order valence-electron chi connectivity index (χ2n) is 7.37. The molecule has 0 saturated heterocycles. The number of nitrogens with two attached hydrogens (primary N) is 1. The van der Waals surface area contributed by atoms with Crippen LogP contribution in [-0.4, -0.2) is 41.3 Å². The number of rotatable bonds is 5. The van der Waals surface area contributed by atoms with E-state index in [1.54, 1.807) is 18.6 Å². The molecule has 5 rings (SSSR count). The number of amides is 1. The first kappa shape index (κ1) is 20.2. The summed E-state index contributed by atoms with van der Waals surface area (Å²) in [5.41, 5.74) is 10.9. The summed E-state index contributed by atoms with van der Waals surface area (Å²) < 4.78 is 0. The van der Waals surface area contributed by atoms with Crippen molar-refractivity contribution in [2.45, 2.75) is 13.0 Å². The van der Waals surface area contributed by atoms with Crippen molar-refractivity contribution in [1.82, 2.24) is 40.7 Å². The van der Waals surface area contributed by atoms with Gasteiger partial charge in [-0.3, -0.25) is 14.8 Å². The summed E-state index contributed by atoms with van der Waals surface area (Å²) in [6.45, 7) is 1.81. The summed E-state index contributed by atoms with van der Waals surface area (Å²) in [4.78, 5) is 30.6. The number of fused-ring (bicyclic) bond motifs is 1. The molecule has 10 nitrogen and oxygen atoms in total. The number of nitrogens with one attached hydrogen (secondary N) is 2. The highest BCUT2D eigenvalue weighted by Crippen LogP contribution is 2.32. The fourth-order valence-electron chi connectivity index (χ4n) is 3.47. The molecule has 2 aromatic carbocycles. The minimum absolute atomic E-state index is 0.0284. The van der Waals surface area contributed by atoms with Gasteiger partial charge in [-0.25, -0.2) is 9.97 Å². The third-order valence-corrected chi connectivity index (χ3v) is 5.15. The summed E-state index contributed by atoms with van der Waals surface area (Å²) in [5.74, 6) is -0.425. The molecule has 1 atom stereocenters. The maximum Gasteiger partial charge on any atom is 0.274 e. The lowest BCUT2D eigenvalue weighted by atomic mass is 10.0. The summed E-state index contributed by atoms with van der Waals surface area (Å²) in [6, 6.07) is 14.7. The van der Waals surface area contributed by atoms with E-state index in [2.05, 4.69) is 40.7 Å². The second-order valence-corrected chi connectivity index (χ2v) is 7.37.